The highest BCUT2D eigenvalue weighted by atomic mass is 35.5. The largest absolute Gasteiger partial charge is 0.494 e. The van der Waals surface area contributed by atoms with Crippen molar-refractivity contribution in [1.29, 1.82) is 0 Å². The van der Waals surface area contributed by atoms with Gasteiger partial charge < -0.3 is 24.1 Å². The first kappa shape index (κ1) is 25.4. The second kappa shape index (κ2) is 11.8. The molecule has 0 saturated heterocycles. The number of imidazole rings is 1. The molecule has 1 heterocycles. The number of carbonyl (C=O) groups is 1. The molecule has 4 rings (SSSR count). The molecule has 0 saturated carbocycles. The van der Waals surface area contributed by atoms with Crippen LogP contribution in [0.4, 0.5) is 0 Å². The lowest BCUT2D eigenvalue weighted by Gasteiger charge is -2.17. The van der Waals surface area contributed by atoms with Crippen molar-refractivity contribution in [2.24, 2.45) is 0 Å². The number of ether oxygens (including phenoxy) is 3. The number of hydrogen-bond acceptors (Lipinski definition) is 5. The summed E-state index contributed by atoms with van der Waals surface area (Å²) in [5.41, 5.74) is 2.76. The summed E-state index contributed by atoms with van der Waals surface area (Å²) in [6.07, 6.45) is 1.00. The molecule has 0 radical (unpaired) electrons. The molecule has 36 heavy (non-hydrogen) atoms. The lowest BCUT2D eigenvalue weighted by molar-refractivity contribution is -0.121. The SMILES string of the molecule is COc1ccc(CC(=O)NC(C)c2nc3ccccc3n2CCCOc2ccc(Cl)cc2)cc1OC. The zero-order chi connectivity index (χ0) is 25.5. The predicted octanol–water partition coefficient (Wildman–Crippen LogP) is 5.60. The zero-order valence-corrected chi connectivity index (χ0v) is 21.4. The van der Waals surface area contributed by atoms with E-state index in [4.69, 9.17) is 30.8 Å². The minimum absolute atomic E-state index is 0.0978. The summed E-state index contributed by atoms with van der Waals surface area (Å²) >= 11 is 5.94. The van der Waals surface area contributed by atoms with E-state index < -0.39 is 0 Å². The van der Waals surface area contributed by atoms with Gasteiger partial charge in [0.15, 0.2) is 11.5 Å². The van der Waals surface area contributed by atoms with E-state index in [0.29, 0.717) is 29.7 Å². The molecule has 1 N–H and O–H groups in total. The number of nitrogens with one attached hydrogen (secondary N) is 1. The second-order valence-corrected chi connectivity index (χ2v) is 8.86. The van der Waals surface area contributed by atoms with E-state index in [-0.39, 0.29) is 18.4 Å². The highest BCUT2D eigenvalue weighted by molar-refractivity contribution is 6.30. The lowest BCUT2D eigenvalue weighted by Crippen LogP contribution is -2.30. The number of halogens is 1. The first-order valence-corrected chi connectivity index (χ1v) is 12.2. The minimum Gasteiger partial charge on any atom is -0.494 e. The molecule has 4 aromatic rings. The summed E-state index contributed by atoms with van der Waals surface area (Å²) in [6, 6.07) is 20.5. The molecule has 8 heteroatoms. The quantitative estimate of drug-likeness (QED) is 0.268. The predicted molar refractivity (Wildman–Crippen MR) is 141 cm³/mol. The fourth-order valence-electron chi connectivity index (χ4n) is 4.14. The molecule has 1 amide bonds. The van der Waals surface area contributed by atoms with Gasteiger partial charge in [-0.1, -0.05) is 29.8 Å². The van der Waals surface area contributed by atoms with Gasteiger partial charge in [0.25, 0.3) is 0 Å². The summed E-state index contributed by atoms with van der Waals surface area (Å²) in [6.45, 7) is 3.21. The van der Waals surface area contributed by atoms with E-state index in [1.54, 1.807) is 20.3 Å². The third-order valence-corrected chi connectivity index (χ3v) is 6.12. The molecule has 0 spiro atoms. The summed E-state index contributed by atoms with van der Waals surface area (Å²) < 4.78 is 18.6. The number of aromatic nitrogens is 2. The molecular formula is C28H30ClN3O4. The van der Waals surface area contributed by atoms with E-state index >= 15 is 0 Å². The number of hydrogen-bond donors (Lipinski definition) is 1. The Bertz CT molecular complexity index is 1320. The first-order valence-electron chi connectivity index (χ1n) is 11.8. The number of amides is 1. The first-order chi connectivity index (χ1) is 17.5. The average molecular weight is 508 g/mol. The van der Waals surface area contributed by atoms with Crippen molar-refractivity contribution in [1.82, 2.24) is 14.9 Å². The Labute approximate surface area is 216 Å². The highest BCUT2D eigenvalue weighted by Gasteiger charge is 2.19. The van der Waals surface area contributed by atoms with Crippen molar-refractivity contribution >= 4 is 28.5 Å². The standard InChI is InChI=1S/C28H30ClN3O4/c1-19(30-27(33)18-20-9-14-25(34-2)26(17-20)35-3)28-31-23-7-4-5-8-24(23)32(28)15-6-16-36-22-12-10-21(29)11-13-22/h4-5,7-14,17,19H,6,15-16,18H2,1-3H3,(H,30,33). The van der Waals surface area contributed by atoms with Crippen molar-refractivity contribution in [3.05, 3.63) is 83.1 Å². The second-order valence-electron chi connectivity index (χ2n) is 8.42. The van der Waals surface area contributed by atoms with Gasteiger partial charge in [-0.25, -0.2) is 4.98 Å². The maximum absolute atomic E-state index is 12.9. The third kappa shape index (κ3) is 6.10. The van der Waals surface area contributed by atoms with Crippen LogP contribution in [-0.2, 0) is 17.8 Å². The molecule has 0 aliphatic rings. The summed E-state index contributed by atoms with van der Waals surface area (Å²) in [4.78, 5) is 17.7. The van der Waals surface area contributed by atoms with Crippen molar-refractivity contribution in [2.45, 2.75) is 32.4 Å². The van der Waals surface area contributed by atoms with Crippen molar-refractivity contribution in [3.8, 4) is 17.2 Å². The fraction of sp³-hybridized carbons (Fsp3) is 0.286. The number of para-hydroxylation sites is 2. The van der Waals surface area contributed by atoms with Crippen LogP contribution in [-0.4, -0.2) is 36.3 Å². The molecule has 0 fully saturated rings. The topological polar surface area (TPSA) is 74.6 Å². The lowest BCUT2D eigenvalue weighted by atomic mass is 10.1. The van der Waals surface area contributed by atoms with Crippen LogP contribution in [0.3, 0.4) is 0 Å². The molecule has 1 atom stereocenters. The highest BCUT2D eigenvalue weighted by Crippen LogP contribution is 2.28. The van der Waals surface area contributed by atoms with Gasteiger partial charge in [-0.05, 0) is 67.4 Å². The Balaban J connectivity index is 1.43. The van der Waals surface area contributed by atoms with Gasteiger partial charge in [0.2, 0.25) is 5.91 Å². The third-order valence-electron chi connectivity index (χ3n) is 5.87. The van der Waals surface area contributed by atoms with E-state index in [2.05, 4.69) is 9.88 Å². The number of rotatable bonds is 11. The number of aryl methyl sites for hydroxylation is 1. The maximum atomic E-state index is 12.9. The van der Waals surface area contributed by atoms with Gasteiger partial charge >= 0.3 is 0 Å². The van der Waals surface area contributed by atoms with Gasteiger partial charge in [0.05, 0.1) is 44.3 Å². The summed E-state index contributed by atoms with van der Waals surface area (Å²) in [7, 11) is 3.16. The number of carbonyl (C=O) groups excluding carboxylic acids is 1. The van der Waals surface area contributed by atoms with Gasteiger partial charge in [-0.15, -0.1) is 0 Å². The molecular weight excluding hydrogens is 478 g/mol. The van der Waals surface area contributed by atoms with Gasteiger partial charge in [-0.2, -0.15) is 0 Å². The van der Waals surface area contributed by atoms with Gasteiger partial charge in [0.1, 0.15) is 11.6 Å². The Morgan fingerprint density at radius 2 is 1.78 bits per heavy atom. The number of methoxy groups -OCH3 is 2. The van der Waals surface area contributed by atoms with Crippen molar-refractivity contribution < 1.29 is 19.0 Å². The Morgan fingerprint density at radius 3 is 2.53 bits per heavy atom. The van der Waals surface area contributed by atoms with Gasteiger partial charge in [0, 0.05) is 11.6 Å². The van der Waals surface area contributed by atoms with Crippen molar-refractivity contribution in [3.63, 3.8) is 0 Å². The zero-order valence-electron chi connectivity index (χ0n) is 20.7. The van der Waals surface area contributed by atoms with Crippen LogP contribution in [0.5, 0.6) is 17.2 Å². The van der Waals surface area contributed by atoms with Gasteiger partial charge in [-0.3, -0.25) is 4.79 Å². The molecule has 1 aromatic heterocycles. The average Bonchev–Trinajstić information content (AvgIpc) is 3.26. The van der Waals surface area contributed by atoms with E-state index in [0.717, 1.165) is 34.6 Å². The Morgan fingerprint density at radius 1 is 1.03 bits per heavy atom. The van der Waals surface area contributed by atoms with Crippen LogP contribution < -0.4 is 19.5 Å². The summed E-state index contributed by atoms with van der Waals surface area (Å²) in [5, 5.41) is 3.78. The van der Waals surface area contributed by atoms with Crippen molar-refractivity contribution in [2.75, 3.05) is 20.8 Å². The van der Waals surface area contributed by atoms with Crippen LogP contribution in [0.25, 0.3) is 11.0 Å². The molecule has 7 nitrogen and oxygen atoms in total. The smallest absolute Gasteiger partial charge is 0.224 e. The van der Waals surface area contributed by atoms with Crippen LogP contribution >= 0.6 is 11.6 Å². The van der Waals surface area contributed by atoms with Crippen LogP contribution in [0, 0.1) is 0 Å². The normalized spacial score (nSPS) is 11.8. The number of fused-ring (bicyclic) bond motifs is 1. The summed E-state index contributed by atoms with van der Waals surface area (Å²) in [5.74, 6) is 2.72. The van der Waals surface area contributed by atoms with Crippen LogP contribution in [0.1, 0.15) is 30.8 Å². The maximum Gasteiger partial charge on any atom is 0.224 e. The molecule has 3 aromatic carbocycles. The molecule has 1 unspecified atom stereocenters. The number of benzene rings is 3. The molecule has 0 aliphatic heterocycles. The fourth-order valence-corrected chi connectivity index (χ4v) is 4.26. The van der Waals surface area contributed by atoms with Crippen LogP contribution in [0.15, 0.2) is 66.7 Å². The Kier molecular flexibility index (Phi) is 8.33. The monoisotopic (exact) mass is 507 g/mol. The molecule has 188 valence electrons. The number of nitrogens with zero attached hydrogens (tertiary/aromatic N) is 2. The van der Waals surface area contributed by atoms with E-state index in [9.17, 15) is 4.79 Å². The van der Waals surface area contributed by atoms with E-state index in [1.807, 2.05) is 67.6 Å². The van der Waals surface area contributed by atoms with Crippen LogP contribution in [0.2, 0.25) is 5.02 Å². The minimum atomic E-state index is -0.276. The van der Waals surface area contributed by atoms with E-state index in [1.165, 1.54) is 0 Å². The molecule has 0 bridgehead atoms. The Hall–Kier alpha value is -3.71. The molecule has 0 aliphatic carbocycles.